The average molecular weight is 601 g/mol. The predicted molar refractivity (Wildman–Crippen MR) is 196 cm³/mol. The Balaban J connectivity index is 1.40. The van der Waals surface area contributed by atoms with E-state index in [1.54, 1.807) is 0 Å². The quantitative estimate of drug-likeness (QED) is 0.182. The van der Waals surface area contributed by atoms with Gasteiger partial charge in [0, 0.05) is 27.8 Å². The largest absolute Gasteiger partial charge is 0.320 e. The molecular formula is C44H33BN2. The maximum Gasteiger partial charge on any atom is 0.271 e. The van der Waals surface area contributed by atoms with Crippen LogP contribution < -0.4 is 21.4 Å². The zero-order valence-electron chi connectivity index (χ0n) is 27.1. The van der Waals surface area contributed by atoms with Crippen molar-refractivity contribution in [3.63, 3.8) is 0 Å². The molecule has 0 radical (unpaired) electrons. The van der Waals surface area contributed by atoms with Gasteiger partial charge in [0.15, 0.2) is 0 Å². The first-order valence-electron chi connectivity index (χ1n) is 16.9. The zero-order valence-corrected chi connectivity index (χ0v) is 27.1. The summed E-state index contributed by atoms with van der Waals surface area (Å²) in [7, 11) is 0. The third kappa shape index (κ3) is 2.80. The number of hydrogen-bond donors (Lipinski definition) is 0. The number of benzene rings is 6. The molecule has 3 heteroatoms. The molecule has 0 spiro atoms. The van der Waals surface area contributed by atoms with Crippen molar-refractivity contribution >= 4 is 51.2 Å². The van der Waals surface area contributed by atoms with Crippen LogP contribution in [0.2, 0.25) is 0 Å². The van der Waals surface area contributed by atoms with Crippen molar-refractivity contribution in [1.29, 1.82) is 0 Å². The van der Waals surface area contributed by atoms with Crippen molar-refractivity contribution in [2.24, 2.45) is 0 Å². The minimum atomic E-state index is -0.474. The van der Waals surface area contributed by atoms with Gasteiger partial charge >= 0.3 is 0 Å². The van der Waals surface area contributed by atoms with Gasteiger partial charge in [-0.15, -0.1) is 0 Å². The van der Waals surface area contributed by atoms with E-state index in [9.17, 15) is 0 Å². The van der Waals surface area contributed by atoms with E-state index in [4.69, 9.17) is 0 Å². The van der Waals surface area contributed by atoms with E-state index in [1.165, 1.54) is 94.7 Å². The zero-order chi connectivity index (χ0) is 31.4. The van der Waals surface area contributed by atoms with Gasteiger partial charge in [-0.2, -0.15) is 0 Å². The van der Waals surface area contributed by atoms with Gasteiger partial charge in [0.25, 0.3) is 6.71 Å². The molecule has 7 aromatic rings. The summed E-state index contributed by atoms with van der Waals surface area (Å²) in [4.78, 5) is 2.66. The summed E-state index contributed by atoms with van der Waals surface area (Å²) >= 11 is 0. The van der Waals surface area contributed by atoms with Crippen LogP contribution in [0, 0.1) is 13.8 Å². The first kappa shape index (κ1) is 25.9. The van der Waals surface area contributed by atoms with Crippen LogP contribution in [0.3, 0.4) is 0 Å². The molecule has 4 aliphatic heterocycles. The van der Waals surface area contributed by atoms with E-state index in [1.807, 2.05) is 0 Å². The Morgan fingerprint density at radius 3 is 1.85 bits per heavy atom. The SMILES string of the molecule is Cc1ccc(C2(c3ccc(C)cc3)c3cccc4c3B3c5c2ccc2c5N(c5ccccc5C2(C)C)c2c3n-4c3ccccc23)cc1. The van der Waals surface area contributed by atoms with E-state index in [-0.39, 0.29) is 12.1 Å². The lowest BCUT2D eigenvalue weighted by atomic mass is 9.31. The summed E-state index contributed by atoms with van der Waals surface area (Å²) in [6.07, 6.45) is 0. The molecule has 2 nitrogen and oxygen atoms in total. The summed E-state index contributed by atoms with van der Waals surface area (Å²) < 4.78 is 2.61. The van der Waals surface area contributed by atoms with Crippen LogP contribution in [-0.4, -0.2) is 11.3 Å². The molecule has 0 bridgehead atoms. The second kappa shape index (κ2) is 8.35. The molecule has 0 unspecified atom stereocenters. The molecule has 5 heterocycles. The van der Waals surface area contributed by atoms with Crippen LogP contribution in [0.1, 0.15) is 58.4 Å². The fraction of sp³-hybridized carbons (Fsp3) is 0.136. The van der Waals surface area contributed by atoms with E-state index in [2.05, 4.69) is 165 Å². The molecule has 0 amide bonds. The highest BCUT2D eigenvalue weighted by Crippen LogP contribution is 2.58. The summed E-state index contributed by atoms with van der Waals surface area (Å²) in [6.45, 7) is 9.39. The van der Waals surface area contributed by atoms with Crippen molar-refractivity contribution in [2.45, 2.75) is 38.5 Å². The minimum absolute atomic E-state index is 0.151. The fourth-order valence-electron chi connectivity index (χ4n) is 10.0. The predicted octanol–water partition coefficient (Wildman–Crippen LogP) is 8.20. The van der Waals surface area contributed by atoms with Gasteiger partial charge in [0.05, 0.1) is 22.3 Å². The number of para-hydroxylation sites is 2. The molecule has 47 heavy (non-hydrogen) atoms. The molecular weight excluding hydrogens is 567 g/mol. The lowest BCUT2D eigenvalue weighted by Gasteiger charge is -2.51. The summed E-state index contributed by atoms with van der Waals surface area (Å²) in [5.41, 5.74) is 21.2. The monoisotopic (exact) mass is 600 g/mol. The molecule has 0 saturated carbocycles. The molecule has 0 fully saturated rings. The van der Waals surface area contributed by atoms with Gasteiger partial charge in [0.1, 0.15) is 0 Å². The minimum Gasteiger partial charge on any atom is -0.320 e. The van der Waals surface area contributed by atoms with Crippen LogP contribution in [-0.2, 0) is 10.8 Å². The first-order chi connectivity index (χ1) is 22.9. The number of anilines is 3. The number of rotatable bonds is 2. The highest BCUT2D eigenvalue weighted by Gasteiger charge is 2.58. The Morgan fingerprint density at radius 2 is 1.11 bits per heavy atom. The number of fused-ring (bicyclic) bond motifs is 7. The van der Waals surface area contributed by atoms with Crippen molar-refractivity contribution in [3.8, 4) is 5.69 Å². The molecule has 0 atom stereocenters. The van der Waals surface area contributed by atoms with E-state index in [0.717, 1.165) is 0 Å². The summed E-state index contributed by atoms with van der Waals surface area (Å²) in [5, 5.41) is 1.32. The second-order valence-corrected chi connectivity index (χ2v) is 14.6. The topological polar surface area (TPSA) is 8.17 Å². The van der Waals surface area contributed by atoms with Crippen molar-refractivity contribution < 1.29 is 0 Å². The van der Waals surface area contributed by atoms with Crippen LogP contribution in [0.5, 0.6) is 0 Å². The van der Waals surface area contributed by atoms with Gasteiger partial charge in [0.2, 0.25) is 0 Å². The highest BCUT2D eigenvalue weighted by molar-refractivity contribution is 7.01. The highest BCUT2D eigenvalue weighted by atomic mass is 15.2. The van der Waals surface area contributed by atoms with Crippen molar-refractivity contribution in [2.75, 3.05) is 4.90 Å². The van der Waals surface area contributed by atoms with Gasteiger partial charge in [-0.1, -0.05) is 134 Å². The third-order valence-electron chi connectivity index (χ3n) is 12.0. The Kier molecular flexibility index (Phi) is 4.60. The standard InChI is InChI=1S/C44H33BN2/c1-26-16-20-28(21-17-26)44(29-22-18-27(2)19-23-29)32-12-9-15-37-38(32)45-39-33(44)24-25-34-41(39)47(36-14-8-6-11-31(36)43(34,3)4)40-30-10-5-7-13-35(30)46(37)42(40)45/h5-25H,1-4H3. The third-order valence-corrected chi connectivity index (χ3v) is 12.0. The number of hydrogen-bond acceptors (Lipinski definition) is 1. The molecule has 4 aliphatic rings. The summed E-state index contributed by atoms with van der Waals surface area (Å²) in [6, 6.07) is 49.0. The van der Waals surface area contributed by atoms with Crippen LogP contribution >= 0.6 is 0 Å². The van der Waals surface area contributed by atoms with E-state index in [0.29, 0.717) is 0 Å². The molecule has 0 aliphatic carbocycles. The number of nitrogens with zero attached hydrogens (tertiary/aromatic N) is 2. The molecule has 6 aromatic carbocycles. The first-order valence-corrected chi connectivity index (χ1v) is 16.9. The van der Waals surface area contributed by atoms with Crippen molar-refractivity contribution in [1.82, 2.24) is 4.57 Å². The van der Waals surface area contributed by atoms with E-state index < -0.39 is 5.41 Å². The number of aryl methyl sites for hydroxylation is 2. The fourth-order valence-corrected chi connectivity index (χ4v) is 10.0. The van der Waals surface area contributed by atoms with Gasteiger partial charge in [-0.25, -0.2) is 0 Å². The van der Waals surface area contributed by atoms with Crippen molar-refractivity contribution in [3.05, 3.63) is 172 Å². The number of aromatic nitrogens is 1. The van der Waals surface area contributed by atoms with Crippen LogP contribution in [0.15, 0.2) is 127 Å². The Hall–Kier alpha value is -5.28. The lowest BCUT2D eigenvalue weighted by Crippen LogP contribution is -2.64. The van der Waals surface area contributed by atoms with Gasteiger partial charge in [-0.3, -0.25) is 0 Å². The molecule has 11 rings (SSSR count). The molecule has 222 valence electrons. The van der Waals surface area contributed by atoms with Gasteiger partial charge < -0.3 is 9.47 Å². The van der Waals surface area contributed by atoms with Gasteiger partial charge in [-0.05, 0) is 76.4 Å². The Bertz CT molecular complexity index is 2470. The lowest BCUT2D eigenvalue weighted by molar-refractivity contribution is 0.631. The smallest absolute Gasteiger partial charge is 0.271 e. The van der Waals surface area contributed by atoms with Crippen LogP contribution in [0.4, 0.5) is 17.1 Å². The average Bonchev–Trinajstić information content (AvgIpc) is 3.62. The Labute approximate surface area is 276 Å². The maximum atomic E-state index is 2.66. The normalized spacial score (nSPS) is 16.3. The molecule has 0 saturated heterocycles. The maximum absolute atomic E-state index is 2.66. The molecule has 0 N–H and O–H groups in total. The molecule has 1 aromatic heterocycles. The Morgan fingerprint density at radius 1 is 0.511 bits per heavy atom. The van der Waals surface area contributed by atoms with E-state index >= 15 is 0 Å². The van der Waals surface area contributed by atoms with Crippen LogP contribution in [0.25, 0.3) is 16.6 Å². The summed E-state index contributed by atoms with van der Waals surface area (Å²) in [5.74, 6) is 0. The second-order valence-electron chi connectivity index (χ2n) is 14.6.